The minimum absolute atomic E-state index is 0. The molecule has 584 valence electrons. The number of anilines is 2. The fraction of sp³-hybridized carbons (Fsp3) is 0.493. The minimum Gasteiger partial charge on any atom is -1.00 e. The van der Waals surface area contributed by atoms with E-state index in [9.17, 15) is 76.7 Å². The molecule has 5 fully saturated rings. The zero-order valence-corrected chi connectivity index (χ0v) is 65.8. The van der Waals surface area contributed by atoms with E-state index >= 15 is 0 Å². The third-order valence-corrected chi connectivity index (χ3v) is 20.1. The van der Waals surface area contributed by atoms with Gasteiger partial charge in [-0.05, 0) is 120 Å². The molecular formula is C69H90ClF5KMgN11O18P2. The molecule has 5 aliphatic rings. The zero-order valence-electron chi connectivity index (χ0n) is 59.8. The number of rotatable bonds is 20. The Hall–Kier alpha value is -5.78. The largest absolute Gasteiger partial charge is 2.00 e. The maximum Gasteiger partial charge on any atom is 2.00 e. The Bertz CT molecular complexity index is 4180. The van der Waals surface area contributed by atoms with Crippen molar-refractivity contribution in [3.8, 4) is 29.4 Å². The molecular weight excluding hydrogens is 1530 g/mol. The number of ether oxygens (including phenoxy) is 5. The average Bonchev–Trinajstić information content (AvgIpc) is 1.60. The van der Waals surface area contributed by atoms with Crippen LogP contribution in [0.5, 0.6) is 17.2 Å². The van der Waals surface area contributed by atoms with Crippen molar-refractivity contribution in [1.29, 1.82) is 10.5 Å². The normalized spacial score (nSPS) is 22.9. The van der Waals surface area contributed by atoms with Gasteiger partial charge in [0.1, 0.15) is 102 Å². The number of benzene rings is 3. The number of aromatic nitrogens is 6. The molecule has 29 nitrogen and oxygen atoms in total. The summed E-state index contributed by atoms with van der Waals surface area (Å²) in [5, 5.41) is 81.0. The van der Waals surface area contributed by atoms with Crippen LogP contribution in [-0.2, 0) is 58.1 Å². The summed E-state index contributed by atoms with van der Waals surface area (Å²) in [6.07, 6.45) is 2.17. The van der Waals surface area contributed by atoms with Crippen LogP contribution in [0.2, 0.25) is 0 Å². The summed E-state index contributed by atoms with van der Waals surface area (Å²) in [5.41, 5.74) is 8.86. The number of hydrogen-bond acceptors (Lipinski definition) is 26. The number of carbonyl (C=O) groups is 2. The predicted octanol–water partition coefficient (Wildman–Crippen LogP) is 3.55. The molecule has 0 bridgehead atoms. The summed E-state index contributed by atoms with van der Waals surface area (Å²) in [7, 11) is -8.96. The molecule has 12 atom stereocenters. The Labute approximate surface area is 688 Å². The molecule has 0 amide bonds. The summed E-state index contributed by atoms with van der Waals surface area (Å²) in [5.74, 6) is -13.8. The quantitative estimate of drug-likeness (QED) is 0.0103. The standard InChI is InChI=1S/C27H32N5O8P.C20H19F5NO5P.C12H13N5O4.C4H8O.C4H9.2CH4.ClH.K.Mg.H/c1-17(26(35)38-18-7-5-6-8-18)14-41(36,40-19-9-3-2-4-10-19)37-13-21-23(33)24(34)27(15-28,39-21)22-12-11-20-25(29)30-16-31-32(20)22;1-11(20(27)29-12-7-5-6-8-12)26-32(28,30-13-9-3-2-4-10-13)31-19-17(24)15(22)14(21)16(23)18(19)25;13-4-12(10(20)9(19)7(3-18)21-12)8-2-1-6-11(14)15-5-16-17(6)8;1-2-4-5-3-1;1-4(2)3;;;;;;/h2-4,9-12,16-18,21,23-24,33-34H,5-8,13-14H2,1H3,(H2,29,30,31);2-4,9-12H,5-8H2,1H3,(H,26,28);1-2,5,7,9-10,18-20H,3H2,(H2,14,15,16);1-4H2;1-3H3;2*1H4;1H;;;/q;;;;-1;;;;+1;+2;-1/p-1/t17-,21-,23-,24-,27+,41?;11-,32?;7-,9-,10-,12+;;;;;;;;/m101......../s1. The van der Waals surface area contributed by atoms with E-state index in [1.807, 2.05) is 12.1 Å². The Balaban J connectivity index is 0.000000528. The summed E-state index contributed by atoms with van der Waals surface area (Å²) in [6.45, 7) is 10.0. The first-order valence-electron chi connectivity index (χ1n) is 32.8. The molecule has 3 aromatic carbocycles. The molecule has 12 rings (SSSR count). The van der Waals surface area contributed by atoms with Crippen LogP contribution in [0.1, 0.15) is 126 Å². The van der Waals surface area contributed by atoms with Crippen LogP contribution in [0, 0.1) is 63.6 Å². The van der Waals surface area contributed by atoms with Gasteiger partial charge in [-0.1, -0.05) is 58.2 Å². The van der Waals surface area contributed by atoms with Crippen molar-refractivity contribution in [3.63, 3.8) is 0 Å². The third kappa shape index (κ3) is 23.7. The molecule has 0 spiro atoms. The first kappa shape index (κ1) is 96.4. The van der Waals surface area contributed by atoms with Crippen molar-refractivity contribution in [1.82, 2.24) is 34.3 Å². The number of fused-ring (bicyclic) bond motifs is 2. The number of hydrogen-bond donors (Lipinski definition) is 8. The molecule has 3 aliphatic heterocycles. The smallest absolute Gasteiger partial charge is 1.00 e. The minimum atomic E-state index is -4.91. The third-order valence-electron chi connectivity index (χ3n) is 16.5. The van der Waals surface area contributed by atoms with Crippen LogP contribution < -0.4 is 93.9 Å². The summed E-state index contributed by atoms with van der Waals surface area (Å²) in [6, 6.07) is 24.0. The van der Waals surface area contributed by atoms with E-state index in [4.69, 9.17) is 53.2 Å². The van der Waals surface area contributed by atoms with Gasteiger partial charge in [0, 0.05) is 13.2 Å². The summed E-state index contributed by atoms with van der Waals surface area (Å²) >= 11 is 0. The molecule has 0 radical (unpaired) electrons. The predicted molar refractivity (Wildman–Crippen MR) is 376 cm³/mol. The summed E-state index contributed by atoms with van der Waals surface area (Å²) in [4.78, 5) is 32.8. The van der Waals surface area contributed by atoms with Crippen molar-refractivity contribution >= 4 is 73.0 Å². The van der Waals surface area contributed by atoms with Crippen molar-refractivity contribution in [2.24, 2.45) is 5.92 Å². The molecule has 4 aromatic heterocycles. The number of nitrogens with two attached hydrogens (primary N) is 2. The van der Waals surface area contributed by atoms with Crippen molar-refractivity contribution in [2.75, 3.05) is 44.1 Å². The van der Waals surface area contributed by atoms with E-state index in [1.165, 1.54) is 83.8 Å². The first-order valence-corrected chi connectivity index (χ1v) is 36.1. The van der Waals surface area contributed by atoms with Crippen LogP contribution in [0.4, 0.5) is 33.6 Å². The van der Waals surface area contributed by atoms with E-state index in [1.54, 1.807) is 55.5 Å². The van der Waals surface area contributed by atoms with Crippen LogP contribution in [-0.4, -0.2) is 177 Å². The second-order valence-electron chi connectivity index (χ2n) is 25.0. The van der Waals surface area contributed by atoms with E-state index in [-0.39, 0.29) is 156 Å². The number of carbonyl (C=O) groups excluding carboxylic acids is 2. The van der Waals surface area contributed by atoms with E-state index in [2.05, 4.69) is 46.0 Å². The number of nitrogens with zero attached hydrogens (tertiary/aromatic N) is 8. The molecule has 39 heteroatoms. The number of aliphatic hydroxyl groups excluding tert-OH is 5. The SMILES string of the molecule is C.C.C1CCOC1.C[C-](C)C.C[C@H](CP(=O)(OC[C@H]1O[C@@](C#N)(c2ccc3c(N)ncnn23)[C@H](O)[C@@H]1O)Oc1ccccc1)C(=O)OC1CCCC1.C[C@H](NP(=O)(Oc1ccccc1)Oc1c(F)c(F)c(F)c(F)c1F)C(=O)OC1CCCC1.N#C[C@@]1(c2ccc3c(N)ncnn23)O[C@H](CO)[C@@H](O)[C@H]1O.[Cl-].[H-].[K+].[Mg+2]. The number of para-hydroxylation sites is 2. The number of nitrogens with one attached hydrogen (secondary N) is 1. The zero-order chi connectivity index (χ0) is 75.0. The Morgan fingerprint density at radius 2 is 1.07 bits per heavy atom. The van der Waals surface area contributed by atoms with Gasteiger partial charge in [-0.3, -0.25) is 14.1 Å². The van der Waals surface area contributed by atoms with Gasteiger partial charge in [-0.25, -0.2) is 41.3 Å². The second kappa shape index (κ2) is 43.9. The van der Waals surface area contributed by atoms with Gasteiger partial charge in [0.05, 0.1) is 36.7 Å². The average molecular weight is 1620 g/mol. The molecule has 2 saturated carbocycles. The van der Waals surface area contributed by atoms with Crippen molar-refractivity contribution < 1.29 is 173 Å². The van der Waals surface area contributed by atoms with Gasteiger partial charge >= 0.3 is 102 Å². The second-order valence-corrected chi connectivity index (χ2v) is 28.7. The number of nitrogen functional groups attached to an aromatic ring is 2. The monoisotopic (exact) mass is 1620 g/mol. The van der Waals surface area contributed by atoms with Crippen molar-refractivity contribution in [3.05, 3.63) is 144 Å². The van der Waals surface area contributed by atoms with Gasteiger partial charge in [0.25, 0.3) is 0 Å². The first-order chi connectivity index (χ1) is 49.0. The number of nitriles is 2. The molecule has 7 aromatic rings. The summed E-state index contributed by atoms with van der Waals surface area (Å²) < 4.78 is 147. The number of esters is 2. The Morgan fingerprint density at radius 3 is 1.48 bits per heavy atom. The maximum atomic E-state index is 14.1. The van der Waals surface area contributed by atoms with Crippen LogP contribution in [0.25, 0.3) is 11.0 Å². The molecule has 108 heavy (non-hydrogen) atoms. The molecule has 2 unspecified atom stereocenters. The van der Waals surface area contributed by atoms with E-state index in [0.717, 1.165) is 51.7 Å². The van der Waals surface area contributed by atoms with Gasteiger partial charge in [0.15, 0.2) is 11.6 Å². The van der Waals surface area contributed by atoms with Crippen molar-refractivity contribution in [2.45, 2.75) is 180 Å². The van der Waals surface area contributed by atoms with Crippen LogP contribution in [0.15, 0.2) is 97.6 Å². The van der Waals surface area contributed by atoms with E-state index in [0.29, 0.717) is 23.9 Å². The van der Waals surface area contributed by atoms with Crippen LogP contribution >= 0.6 is 15.3 Å². The van der Waals surface area contributed by atoms with E-state index < -0.39 is 135 Å². The topological polar surface area (TPSA) is 425 Å². The molecule has 7 heterocycles. The fourth-order valence-electron chi connectivity index (χ4n) is 11.3. The van der Waals surface area contributed by atoms with Gasteiger partial charge < -0.3 is 94.0 Å². The fourth-order valence-corrected chi connectivity index (χ4v) is 14.7. The number of halogens is 6. The van der Waals surface area contributed by atoms with Gasteiger partial charge in [-0.2, -0.15) is 55.4 Å². The molecule has 3 saturated heterocycles. The van der Waals surface area contributed by atoms with Gasteiger partial charge in [-0.15, -0.1) is 0 Å². The van der Waals surface area contributed by atoms with Gasteiger partial charge in [0.2, 0.25) is 46.0 Å². The van der Waals surface area contributed by atoms with Crippen LogP contribution in [0.3, 0.4) is 0 Å². The number of aliphatic hydroxyl groups is 5. The Kier molecular flexibility index (Phi) is 39.2. The molecule has 10 N–H and O–H groups in total. The maximum absolute atomic E-state index is 14.1. The Morgan fingerprint density at radius 1 is 0.667 bits per heavy atom. The molecule has 2 aliphatic carbocycles.